The Balaban J connectivity index is 1.06. The molecule has 1 aromatic heterocycles. The molecule has 1 saturated carbocycles. The first kappa shape index (κ1) is 23.0. The van der Waals surface area contributed by atoms with Gasteiger partial charge in [0.05, 0.1) is 5.56 Å². The van der Waals surface area contributed by atoms with Crippen LogP contribution >= 0.6 is 0 Å². The molecule has 1 aromatic carbocycles. The van der Waals surface area contributed by atoms with E-state index in [-0.39, 0.29) is 5.60 Å². The number of aryl methyl sites for hydroxylation is 1. The van der Waals surface area contributed by atoms with Crippen LogP contribution in [0.15, 0.2) is 36.5 Å². The van der Waals surface area contributed by atoms with Crippen LogP contribution in [0.5, 0.6) is 5.75 Å². The number of piperazine rings is 1. The summed E-state index contributed by atoms with van der Waals surface area (Å²) in [6.45, 7) is 5.40. The Bertz CT molecular complexity index is 1040. The number of likely N-dealkylation sites (tertiary alicyclic amines) is 1. The van der Waals surface area contributed by atoms with Gasteiger partial charge in [0, 0.05) is 57.2 Å². The van der Waals surface area contributed by atoms with Gasteiger partial charge in [0.1, 0.15) is 17.2 Å². The molecule has 0 N–H and O–H groups in total. The zero-order valence-electron chi connectivity index (χ0n) is 20.1. The molecule has 3 aliphatic heterocycles. The molecule has 3 fully saturated rings. The Hall–Kier alpha value is -2.48. The molecule has 0 amide bonds. The first-order valence-corrected chi connectivity index (χ1v) is 13.0. The smallest absolute Gasteiger partial charge is 0.417 e. The zero-order chi connectivity index (χ0) is 24.0. The van der Waals surface area contributed by atoms with Gasteiger partial charge in [0.25, 0.3) is 0 Å². The summed E-state index contributed by atoms with van der Waals surface area (Å²) >= 11 is 0. The molecule has 4 heterocycles. The van der Waals surface area contributed by atoms with Gasteiger partial charge in [-0.3, -0.25) is 0 Å². The van der Waals surface area contributed by atoms with Crippen molar-refractivity contribution in [1.82, 2.24) is 9.88 Å². The van der Waals surface area contributed by atoms with E-state index in [1.165, 1.54) is 36.6 Å². The number of hydrogen-bond donors (Lipinski definition) is 0. The maximum Gasteiger partial charge on any atom is 0.417 e. The Labute approximate surface area is 204 Å². The van der Waals surface area contributed by atoms with Crippen LogP contribution in [0.2, 0.25) is 0 Å². The van der Waals surface area contributed by atoms with Crippen molar-refractivity contribution < 1.29 is 17.9 Å². The van der Waals surface area contributed by atoms with Crippen LogP contribution in [-0.2, 0) is 12.6 Å². The van der Waals surface area contributed by atoms with Crippen molar-refractivity contribution in [2.75, 3.05) is 49.1 Å². The number of anilines is 2. The molecule has 2 aromatic rings. The van der Waals surface area contributed by atoms with E-state index in [4.69, 9.17) is 4.74 Å². The lowest BCUT2D eigenvalue weighted by atomic mass is 9.81. The van der Waals surface area contributed by atoms with E-state index in [9.17, 15) is 13.2 Å². The minimum atomic E-state index is -4.35. The predicted octanol–water partition coefficient (Wildman–Crippen LogP) is 5.14. The molecule has 0 atom stereocenters. The van der Waals surface area contributed by atoms with E-state index in [0.29, 0.717) is 5.82 Å². The fourth-order valence-corrected chi connectivity index (χ4v) is 6.04. The number of halogens is 3. The number of pyridine rings is 1. The molecule has 0 unspecified atom stereocenters. The molecule has 5 nitrogen and oxygen atoms in total. The highest BCUT2D eigenvalue weighted by Crippen LogP contribution is 2.42. The number of fused-ring (bicyclic) bond motifs is 1. The number of aromatic nitrogens is 1. The van der Waals surface area contributed by atoms with Crippen molar-refractivity contribution in [2.24, 2.45) is 0 Å². The second-order valence-corrected chi connectivity index (χ2v) is 10.6. The van der Waals surface area contributed by atoms with Gasteiger partial charge in [-0.15, -0.1) is 0 Å². The van der Waals surface area contributed by atoms with Crippen molar-refractivity contribution in [2.45, 2.75) is 62.8 Å². The van der Waals surface area contributed by atoms with E-state index in [2.05, 4.69) is 37.9 Å². The summed E-state index contributed by atoms with van der Waals surface area (Å²) in [5.74, 6) is 1.65. The monoisotopic (exact) mass is 486 g/mol. The largest absolute Gasteiger partial charge is 0.487 e. The summed E-state index contributed by atoms with van der Waals surface area (Å²) in [5, 5.41) is 0. The van der Waals surface area contributed by atoms with Gasteiger partial charge in [-0.25, -0.2) is 4.98 Å². The average Bonchev–Trinajstić information content (AvgIpc) is 2.84. The van der Waals surface area contributed by atoms with Crippen molar-refractivity contribution in [3.63, 3.8) is 0 Å². The summed E-state index contributed by atoms with van der Waals surface area (Å²) in [6.07, 6.45) is 5.11. The first-order valence-electron chi connectivity index (χ1n) is 13.0. The van der Waals surface area contributed by atoms with Gasteiger partial charge in [0.2, 0.25) is 0 Å². The molecule has 35 heavy (non-hydrogen) atoms. The molecule has 8 heteroatoms. The third-order valence-electron chi connectivity index (χ3n) is 8.56. The maximum absolute atomic E-state index is 12.8. The fourth-order valence-electron chi connectivity index (χ4n) is 6.04. The molecule has 0 radical (unpaired) electrons. The van der Waals surface area contributed by atoms with Gasteiger partial charge < -0.3 is 19.4 Å². The van der Waals surface area contributed by atoms with Crippen LogP contribution in [0, 0.1) is 0 Å². The Kier molecular flexibility index (Phi) is 5.82. The summed E-state index contributed by atoms with van der Waals surface area (Å²) in [5.41, 5.74) is 1.79. The number of benzene rings is 1. The van der Waals surface area contributed by atoms with Crippen molar-refractivity contribution in [3.8, 4) is 5.75 Å². The molecule has 2 saturated heterocycles. The first-order chi connectivity index (χ1) is 16.9. The van der Waals surface area contributed by atoms with Crippen LogP contribution < -0.4 is 14.5 Å². The van der Waals surface area contributed by atoms with Crippen LogP contribution in [0.3, 0.4) is 0 Å². The van der Waals surface area contributed by atoms with Gasteiger partial charge in [-0.05, 0) is 74.4 Å². The second-order valence-electron chi connectivity index (χ2n) is 10.6. The van der Waals surface area contributed by atoms with E-state index in [0.717, 1.165) is 89.0 Å². The van der Waals surface area contributed by atoms with E-state index in [1.54, 1.807) is 0 Å². The number of rotatable bonds is 3. The van der Waals surface area contributed by atoms with Crippen LogP contribution in [0.25, 0.3) is 0 Å². The van der Waals surface area contributed by atoms with Crippen molar-refractivity contribution >= 4 is 11.5 Å². The molecule has 6 rings (SSSR count). The summed E-state index contributed by atoms with van der Waals surface area (Å²) < 4.78 is 45.1. The molecular weight excluding hydrogens is 453 g/mol. The number of alkyl halides is 3. The molecule has 188 valence electrons. The Morgan fingerprint density at radius 1 is 0.886 bits per heavy atom. The third-order valence-corrected chi connectivity index (χ3v) is 8.56. The van der Waals surface area contributed by atoms with Gasteiger partial charge in [0.15, 0.2) is 0 Å². The summed E-state index contributed by atoms with van der Waals surface area (Å²) in [6, 6.07) is 9.99. The van der Waals surface area contributed by atoms with Crippen LogP contribution in [-0.4, -0.2) is 60.8 Å². The SMILES string of the molecule is FC(F)(F)c1ccc(N2CCN(c3ccc4c(c3)CCC3(CCN(C5CCC5)CC3)O4)CC2)nc1. The van der Waals surface area contributed by atoms with Crippen LogP contribution in [0.4, 0.5) is 24.7 Å². The predicted molar refractivity (Wildman–Crippen MR) is 130 cm³/mol. The highest BCUT2D eigenvalue weighted by atomic mass is 19.4. The zero-order valence-corrected chi connectivity index (χ0v) is 20.1. The van der Waals surface area contributed by atoms with Gasteiger partial charge in [-0.1, -0.05) is 6.42 Å². The Morgan fingerprint density at radius 2 is 1.63 bits per heavy atom. The number of ether oxygens (including phenoxy) is 1. The van der Waals surface area contributed by atoms with Crippen molar-refractivity contribution in [1.29, 1.82) is 0 Å². The lowest BCUT2D eigenvalue weighted by Crippen LogP contribution is -2.53. The normalized spacial score (nSPS) is 23.1. The summed E-state index contributed by atoms with van der Waals surface area (Å²) in [4.78, 5) is 11.1. The van der Waals surface area contributed by atoms with E-state index in [1.807, 2.05) is 0 Å². The van der Waals surface area contributed by atoms with Gasteiger partial charge >= 0.3 is 6.18 Å². The number of piperidine rings is 1. The highest BCUT2D eigenvalue weighted by Gasteiger charge is 2.41. The minimum absolute atomic E-state index is 0.00898. The second kappa shape index (κ2) is 8.87. The molecule has 0 bridgehead atoms. The topological polar surface area (TPSA) is 31.8 Å². The van der Waals surface area contributed by atoms with E-state index >= 15 is 0 Å². The van der Waals surface area contributed by atoms with Crippen LogP contribution in [0.1, 0.15) is 49.7 Å². The maximum atomic E-state index is 12.8. The van der Waals surface area contributed by atoms with E-state index < -0.39 is 11.7 Å². The highest BCUT2D eigenvalue weighted by molar-refractivity contribution is 5.55. The Morgan fingerprint density at radius 3 is 2.26 bits per heavy atom. The molecular formula is C27H33F3N4O. The molecule has 4 aliphatic rings. The molecule has 1 spiro atoms. The van der Waals surface area contributed by atoms with Crippen molar-refractivity contribution in [3.05, 3.63) is 47.7 Å². The summed E-state index contributed by atoms with van der Waals surface area (Å²) in [7, 11) is 0. The average molecular weight is 487 g/mol. The number of hydrogen-bond acceptors (Lipinski definition) is 5. The minimum Gasteiger partial charge on any atom is -0.487 e. The lowest BCUT2D eigenvalue weighted by Gasteiger charge is -2.48. The third kappa shape index (κ3) is 4.57. The molecule has 1 aliphatic carbocycles. The number of nitrogens with zero attached hydrogens (tertiary/aromatic N) is 4. The van der Waals surface area contributed by atoms with Gasteiger partial charge in [-0.2, -0.15) is 13.2 Å². The standard InChI is InChI=1S/C27H33F3N4O/c28-27(29,30)21-4-7-25(31-19-21)34-16-14-33(15-17-34)23-5-6-24-20(18-23)8-9-26(35-24)10-12-32(13-11-26)22-2-1-3-22/h4-7,18-19,22H,1-3,8-17H2. The fraction of sp³-hybridized carbons (Fsp3) is 0.593. The lowest BCUT2D eigenvalue weighted by molar-refractivity contribution is -0.137. The quantitative estimate of drug-likeness (QED) is 0.600.